The number of fused-ring (bicyclic) bond motifs is 1. The third-order valence-electron chi connectivity index (χ3n) is 4.92. The predicted molar refractivity (Wildman–Crippen MR) is 113 cm³/mol. The lowest BCUT2D eigenvalue weighted by Crippen LogP contribution is -2.24. The third kappa shape index (κ3) is 3.88. The fourth-order valence-electron chi connectivity index (χ4n) is 3.30. The highest BCUT2D eigenvalue weighted by molar-refractivity contribution is 5.90. The Morgan fingerprint density at radius 3 is 2.82 bits per heavy atom. The standard InChI is InChI=1S/C23H24N4O/c1-17-8-3-6-12-21(17)28-15-14-27(2)23-19-10-4-5-11-20(19)25-22(26-23)18-9-7-13-24-16-18/h4-7,9-13,16H,3,8,14-15H2,1-2H3. The Balaban J connectivity index is 1.59. The molecule has 1 aliphatic carbocycles. The van der Waals surface area contributed by atoms with Crippen LogP contribution in [0.3, 0.4) is 0 Å². The highest BCUT2D eigenvalue weighted by atomic mass is 16.5. The van der Waals surface area contributed by atoms with E-state index in [4.69, 9.17) is 14.7 Å². The minimum absolute atomic E-state index is 0.605. The van der Waals surface area contributed by atoms with Gasteiger partial charge in [0.25, 0.3) is 0 Å². The normalized spacial score (nSPS) is 13.8. The van der Waals surface area contributed by atoms with Gasteiger partial charge in [0.05, 0.1) is 12.1 Å². The van der Waals surface area contributed by atoms with E-state index in [0.717, 1.165) is 47.4 Å². The van der Waals surface area contributed by atoms with Crippen LogP contribution in [0.4, 0.5) is 5.82 Å². The lowest BCUT2D eigenvalue weighted by Gasteiger charge is -2.22. The van der Waals surface area contributed by atoms with Gasteiger partial charge in [-0.15, -0.1) is 0 Å². The number of hydrogen-bond acceptors (Lipinski definition) is 5. The van der Waals surface area contributed by atoms with Crippen molar-refractivity contribution in [1.82, 2.24) is 15.0 Å². The molecule has 28 heavy (non-hydrogen) atoms. The number of ether oxygens (including phenoxy) is 1. The molecule has 0 amide bonds. The van der Waals surface area contributed by atoms with Gasteiger partial charge >= 0.3 is 0 Å². The first kappa shape index (κ1) is 18.2. The van der Waals surface area contributed by atoms with Gasteiger partial charge in [-0.3, -0.25) is 4.98 Å². The zero-order chi connectivity index (χ0) is 19.3. The Morgan fingerprint density at radius 1 is 1.11 bits per heavy atom. The van der Waals surface area contributed by atoms with Crippen LogP contribution in [0.5, 0.6) is 0 Å². The minimum Gasteiger partial charge on any atom is -0.492 e. The van der Waals surface area contributed by atoms with Crippen LogP contribution in [-0.4, -0.2) is 35.2 Å². The minimum atomic E-state index is 0.605. The van der Waals surface area contributed by atoms with Crippen molar-refractivity contribution >= 4 is 16.7 Å². The van der Waals surface area contributed by atoms with Crippen molar-refractivity contribution in [3.63, 3.8) is 0 Å². The molecule has 3 aromatic rings. The lowest BCUT2D eigenvalue weighted by atomic mass is 10.1. The summed E-state index contributed by atoms with van der Waals surface area (Å²) in [7, 11) is 2.04. The molecule has 5 heteroatoms. The molecule has 0 radical (unpaired) electrons. The summed E-state index contributed by atoms with van der Waals surface area (Å²) in [4.78, 5) is 15.9. The van der Waals surface area contributed by atoms with Crippen LogP contribution < -0.4 is 4.90 Å². The van der Waals surface area contributed by atoms with Crippen LogP contribution in [0, 0.1) is 0 Å². The first-order chi connectivity index (χ1) is 13.7. The third-order valence-corrected chi connectivity index (χ3v) is 4.92. The average Bonchev–Trinajstić information content (AvgIpc) is 2.75. The molecule has 0 fully saturated rings. The molecule has 1 aliphatic rings. The molecule has 0 saturated carbocycles. The molecule has 0 bridgehead atoms. The number of nitrogens with zero attached hydrogens (tertiary/aromatic N) is 4. The molecular weight excluding hydrogens is 348 g/mol. The molecule has 4 rings (SSSR count). The maximum absolute atomic E-state index is 6.01. The number of para-hydroxylation sites is 1. The van der Waals surface area contributed by atoms with Crippen molar-refractivity contribution in [2.45, 2.75) is 19.8 Å². The molecule has 142 valence electrons. The summed E-state index contributed by atoms with van der Waals surface area (Å²) in [6.07, 6.45) is 9.98. The summed E-state index contributed by atoms with van der Waals surface area (Å²) < 4.78 is 6.01. The first-order valence-electron chi connectivity index (χ1n) is 9.60. The van der Waals surface area contributed by atoms with E-state index >= 15 is 0 Å². The number of anilines is 1. The van der Waals surface area contributed by atoms with Crippen LogP contribution in [-0.2, 0) is 4.74 Å². The summed E-state index contributed by atoms with van der Waals surface area (Å²) in [6.45, 7) is 3.48. The Hall–Kier alpha value is -3.21. The SMILES string of the molecule is CC1=C(OCCN(C)c2nc(-c3cccnc3)nc3ccccc23)C=CCC1. The molecule has 2 aromatic heterocycles. The van der Waals surface area contributed by atoms with Crippen LogP contribution in [0.2, 0.25) is 0 Å². The number of pyridine rings is 1. The van der Waals surface area contributed by atoms with Gasteiger partial charge in [-0.25, -0.2) is 9.97 Å². The lowest BCUT2D eigenvalue weighted by molar-refractivity contribution is 0.226. The van der Waals surface area contributed by atoms with E-state index in [2.05, 4.69) is 35.0 Å². The number of benzene rings is 1. The number of hydrogen-bond donors (Lipinski definition) is 0. The Bertz CT molecular complexity index is 1030. The second-order valence-corrected chi connectivity index (χ2v) is 6.99. The molecule has 5 nitrogen and oxygen atoms in total. The Kier molecular flexibility index (Phi) is 5.33. The summed E-state index contributed by atoms with van der Waals surface area (Å²) in [5, 5.41) is 1.03. The number of rotatable bonds is 6. The van der Waals surface area contributed by atoms with Crippen LogP contribution >= 0.6 is 0 Å². The largest absolute Gasteiger partial charge is 0.492 e. The number of allylic oxidation sites excluding steroid dienone is 3. The monoisotopic (exact) mass is 372 g/mol. The number of likely N-dealkylation sites (N-methyl/N-ethyl adjacent to an activating group) is 1. The quantitative estimate of drug-likeness (QED) is 0.624. The summed E-state index contributed by atoms with van der Waals surface area (Å²) in [5.74, 6) is 2.59. The van der Waals surface area contributed by atoms with Gasteiger partial charge in [-0.05, 0) is 55.7 Å². The van der Waals surface area contributed by atoms with Crippen LogP contribution in [0.15, 0.2) is 72.3 Å². The first-order valence-corrected chi connectivity index (χ1v) is 9.60. The second-order valence-electron chi connectivity index (χ2n) is 6.99. The van der Waals surface area contributed by atoms with Gasteiger partial charge in [-0.2, -0.15) is 0 Å². The number of aromatic nitrogens is 3. The van der Waals surface area contributed by atoms with Crippen molar-refractivity contribution < 1.29 is 4.74 Å². The van der Waals surface area contributed by atoms with E-state index in [-0.39, 0.29) is 0 Å². The van der Waals surface area contributed by atoms with E-state index in [1.807, 2.05) is 37.4 Å². The van der Waals surface area contributed by atoms with Gasteiger partial charge in [0, 0.05) is 30.4 Å². The fourth-order valence-corrected chi connectivity index (χ4v) is 3.30. The smallest absolute Gasteiger partial charge is 0.163 e. The van der Waals surface area contributed by atoms with Crippen molar-refractivity contribution in [2.75, 3.05) is 25.1 Å². The Morgan fingerprint density at radius 2 is 2.00 bits per heavy atom. The molecule has 0 atom stereocenters. The van der Waals surface area contributed by atoms with Crippen molar-refractivity contribution in [1.29, 1.82) is 0 Å². The van der Waals surface area contributed by atoms with E-state index in [0.29, 0.717) is 12.4 Å². The summed E-state index contributed by atoms with van der Waals surface area (Å²) in [6, 6.07) is 12.0. The van der Waals surface area contributed by atoms with E-state index in [1.54, 1.807) is 12.4 Å². The van der Waals surface area contributed by atoms with E-state index < -0.39 is 0 Å². The Labute approximate surface area is 165 Å². The highest BCUT2D eigenvalue weighted by Crippen LogP contribution is 2.27. The van der Waals surface area contributed by atoms with Gasteiger partial charge in [0.2, 0.25) is 0 Å². The maximum Gasteiger partial charge on any atom is 0.163 e. The molecule has 1 aromatic carbocycles. The van der Waals surface area contributed by atoms with Crippen molar-refractivity contribution in [3.8, 4) is 11.4 Å². The molecule has 0 aliphatic heterocycles. The second kappa shape index (κ2) is 8.21. The van der Waals surface area contributed by atoms with Crippen molar-refractivity contribution in [2.24, 2.45) is 0 Å². The summed E-state index contributed by atoms with van der Waals surface area (Å²) >= 11 is 0. The molecule has 2 heterocycles. The zero-order valence-electron chi connectivity index (χ0n) is 16.3. The molecule has 0 N–H and O–H groups in total. The zero-order valence-corrected chi connectivity index (χ0v) is 16.3. The van der Waals surface area contributed by atoms with Gasteiger partial charge in [0.1, 0.15) is 18.2 Å². The van der Waals surface area contributed by atoms with E-state index in [1.165, 1.54) is 5.57 Å². The predicted octanol–water partition coefficient (Wildman–Crippen LogP) is 4.77. The highest BCUT2D eigenvalue weighted by Gasteiger charge is 2.13. The molecule has 0 unspecified atom stereocenters. The summed E-state index contributed by atoms with van der Waals surface area (Å²) in [5.41, 5.74) is 3.15. The fraction of sp³-hybridized carbons (Fsp3) is 0.261. The van der Waals surface area contributed by atoms with Crippen LogP contribution in [0.25, 0.3) is 22.3 Å². The molecule has 0 spiro atoms. The van der Waals surface area contributed by atoms with Crippen LogP contribution in [0.1, 0.15) is 19.8 Å². The van der Waals surface area contributed by atoms with E-state index in [9.17, 15) is 0 Å². The molecule has 0 saturated heterocycles. The topological polar surface area (TPSA) is 51.1 Å². The van der Waals surface area contributed by atoms with Gasteiger partial charge in [0.15, 0.2) is 5.82 Å². The average molecular weight is 372 g/mol. The molecular formula is C23H24N4O. The van der Waals surface area contributed by atoms with Gasteiger partial charge < -0.3 is 9.64 Å². The van der Waals surface area contributed by atoms with Crippen molar-refractivity contribution in [3.05, 3.63) is 72.3 Å². The van der Waals surface area contributed by atoms with Gasteiger partial charge in [-0.1, -0.05) is 18.2 Å². The maximum atomic E-state index is 6.01.